The highest BCUT2D eigenvalue weighted by Crippen LogP contribution is 2.24. The molecule has 0 radical (unpaired) electrons. The number of rotatable bonds is 8. The molecule has 96 valence electrons. The Labute approximate surface area is 123 Å². The van der Waals surface area contributed by atoms with Crippen molar-refractivity contribution < 1.29 is 9.53 Å². The second-order valence-electron chi connectivity index (χ2n) is 3.14. The molecule has 0 saturated heterocycles. The van der Waals surface area contributed by atoms with E-state index in [1.54, 1.807) is 6.92 Å². The third-order valence-electron chi connectivity index (χ3n) is 1.99. The number of alkyl halides is 4. The van der Waals surface area contributed by atoms with Gasteiger partial charge in [0.05, 0.1) is 0 Å². The second kappa shape index (κ2) is 8.97. The van der Waals surface area contributed by atoms with E-state index in [-0.39, 0.29) is 5.97 Å². The van der Waals surface area contributed by atoms with Gasteiger partial charge in [-0.2, -0.15) is 0 Å². The van der Waals surface area contributed by atoms with Crippen LogP contribution in [0, 0.1) is 0 Å². The molecule has 7 heteroatoms. The standard InChI is InChI=1S/C9H15Br2Cl2NO2/c1-9(11,8(15)16-7-2-10)14(5-3-12)6-4-13/h2-7H2,1H3. The molecule has 0 aromatic carbocycles. The lowest BCUT2D eigenvalue weighted by Crippen LogP contribution is -2.50. The van der Waals surface area contributed by atoms with Crippen molar-refractivity contribution in [1.29, 1.82) is 0 Å². The SMILES string of the molecule is CC(Br)(C(=O)OCCBr)N(CCCl)CCCl. The van der Waals surface area contributed by atoms with Gasteiger partial charge < -0.3 is 4.74 Å². The molecule has 16 heavy (non-hydrogen) atoms. The van der Waals surface area contributed by atoms with E-state index in [0.717, 1.165) is 0 Å². The zero-order chi connectivity index (χ0) is 12.6. The summed E-state index contributed by atoms with van der Waals surface area (Å²) in [7, 11) is 0. The van der Waals surface area contributed by atoms with Crippen molar-refractivity contribution in [2.45, 2.75) is 11.4 Å². The lowest BCUT2D eigenvalue weighted by atomic mass is 10.3. The maximum absolute atomic E-state index is 11.8. The summed E-state index contributed by atoms with van der Waals surface area (Å²) in [6.07, 6.45) is 0. The fourth-order valence-corrected chi connectivity index (χ4v) is 2.17. The minimum atomic E-state index is -0.876. The molecule has 0 aromatic rings. The molecule has 0 fully saturated rings. The van der Waals surface area contributed by atoms with Crippen LogP contribution < -0.4 is 0 Å². The van der Waals surface area contributed by atoms with Gasteiger partial charge in [0.15, 0.2) is 4.45 Å². The number of hydrogen-bond donors (Lipinski definition) is 0. The van der Waals surface area contributed by atoms with Crippen molar-refractivity contribution in [3.8, 4) is 0 Å². The zero-order valence-electron chi connectivity index (χ0n) is 9.02. The summed E-state index contributed by atoms with van der Waals surface area (Å²) in [5, 5.41) is 0.618. The highest BCUT2D eigenvalue weighted by Gasteiger charge is 2.37. The second-order valence-corrected chi connectivity index (χ2v) is 6.24. The largest absolute Gasteiger partial charge is 0.463 e. The van der Waals surface area contributed by atoms with E-state index in [4.69, 9.17) is 27.9 Å². The summed E-state index contributed by atoms with van der Waals surface area (Å²) in [5.74, 6) is 0.537. The first-order valence-electron chi connectivity index (χ1n) is 4.79. The van der Waals surface area contributed by atoms with Gasteiger partial charge in [0, 0.05) is 30.2 Å². The van der Waals surface area contributed by atoms with Crippen molar-refractivity contribution in [2.24, 2.45) is 0 Å². The van der Waals surface area contributed by atoms with E-state index in [9.17, 15) is 4.79 Å². The molecule has 0 rings (SSSR count). The highest BCUT2D eigenvalue weighted by molar-refractivity contribution is 9.10. The first-order chi connectivity index (χ1) is 7.50. The Morgan fingerprint density at radius 1 is 1.38 bits per heavy atom. The third kappa shape index (κ3) is 5.54. The average Bonchev–Trinajstić information content (AvgIpc) is 2.25. The molecule has 0 aliphatic rings. The van der Waals surface area contributed by atoms with Crippen molar-refractivity contribution in [3.63, 3.8) is 0 Å². The molecule has 0 saturated carbocycles. The molecule has 0 spiro atoms. The molecule has 0 aromatic heterocycles. The molecule has 0 aliphatic heterocycles. The van der Waals surface area contributed by atoms with E-state index in [1.165, 1.54) is 0 Å². The first-order valence-corrected chi connectivity index (χ1v) is 7.78. The van der Waals surface area contributed by atoms with Crippen LogP contribution in [0.1, 0.15) is 6.92 Å². The number of nitrogens with zero attached hydrogens (tertiary/aromatic N) is 1. The van der Waals surface area contributed by atoms with Gasteiger partial charge in [-0.05, 0) is 6.92 Å². The van der Waals surface area contributed by atoms with Gasteiger partial charge in [0.25, 0.3) is 0 Å². The molecule has 3 nitrogen and oxygen atoms in total. The van der Waals surface area contributed by atoms with E-state index in [1.807, 2.05) is 4.90 Å². The van der Waals surface area contributed by atoms with Crippen molar-refractivity contribution in [3.05, 3.63) is 0 Å². The predicted molar refractivity (Wildman–Crippen MR) is 75.1 cm³/mol. The molecule has 0 aliphatic carbocycles. The summed E-state index contributed by atoms with van der Waals surface area (Å²) in [6, 6.07) is 0. The zero-order valence-corrected chi connectivity index (χ0v) is 13.7. The van der Waals surface area contributed by atoms with Crippen LogP contribution in [0.5, 0.6) is 0 Å². The Bertz CT molecular complexity index is 212. The predicted octanol–water partition coefficient (Wildman–Crippen LogP) is 2.82. The van der Waals surface area contributed by atoms with Gasteiger partial charge in [-0.15, -0.1) is 23.2 Å². The van der Waals surface area contributed by atoms with E-state index >= 15 is 0 Å². The number of ether oxygens (including phenoxy) is 1. The van der Waals surface area contributed by atoms with Crippen LogP contribution in [0.15, 0.2) is 0 Å². The van der Waals surface area contributed by atoms with Crippen molar-refractivity contribution >= 4 is 61.0 Å². The van der Waals surface area contributed by atoms with Crippen LogP contribution >= 0.6 is 55.1 Å². The topological polar surface area (TPSA) is 29.5 Å². The molecule has 0 amide bonds. The molecular formula is C9H15Br2Cl2NO2. The van der Waals surface area contributed by atoms with Gasteiger partial charge in [0.2, 0.25) is 0 Å². The summed E-state index contributed by atoms with van der Waals surface area (Å²) < 4.78 is 4.19. The Morgan fingerprint density at radius 3 is 2.25 bits per heavy atom. The Hall–Kier alpha value is 0.970. The quantitative estimate of drug-likeness (QED) is 0.357. The molecule has 0 heterocycles. The minimum absolute atomic E-state index is 0.331. The molecular weight excluding hydrogens is 385 g/mol. The maximum atomic E-state index is 11.8. The van der Waals surface area contributed by atoms with Crippen LogP contribution in [0.4, 0.5) is 0 Å². The van der Waals surface area contributed by atoms with E-state index < -0.39 is 4.45 Å². The summed E-state index contributed by atoms with van der Waals surface area (Å²) in [5.41, 5.74) is 0. The van der Waals surface area contributed by atoms with Crippen LogP contribution in [0.2, 0.25) is 0 Å². The van der Waals surface area contributed by atoms with Gasteiger partial charge in [-0.3, -0.25) is 4.90 Å². The van der Waals surface area contributed by atoms with Crippen molar-refractivity contribution in [1.82, 2.24) is 4.90 Å². The first kappa shape index (κ1) is 17.0. The van der Waals surface area contributed by atoms with Crippen molar-refractivity contribution in [2.75, 3.05) is 36.8 Å². The average molecular weight is 400 g/mol. The molecule has 0 N–H and O–H groups in total. The van der Waals surface area contributed by atoms with Gasteiger partial charge in [-0.25, -0.2) is 4.79 Å². The van der Waals surface area contributed by atoms with Gasteiger partial charge in [0.1, 0.15) is 6.61 Å². The molecule has 0 bridgehead atoms. The Balaban J connectivity index is 4.48. The van der Waals surface area contributed by atoms with Crippen LogP contribution in [-0.2, 0) is 9.53 Å². The number of hydrogen-bond acceptors (Lipinski definition) is 3. The van der Waals surface area contributed by atoms with E-state index in [2.05, 4.69) is 31.9 Å². The summed E-state index contributed by atoms with van der Waals surface area (Å²) in [6.45, 7) is 3.22. The van der Waals surface area contributed by atoms with Gasteiger partial charge in [-0.1, -0.05) is 31.9 Å². The van der Waals surface area contributed by atoms with Crippen LogP contribution in [0.25, 0.3) is 0 Å². The minimum Gasteiger partial charge on any atom is -0.463 e. The lowest BCUT2D eigenvalue weighted by molar-refractivity contribution is -0.150. The maximum Gasteiger partial charge on any atom is 0.337 e. The van der Waals surface area contributed by atoms with Gasteiger partial charge >= 0.3 is 5.97 Å². The highest BCUT2D eigenvalue weighted by atomic mass is 79.9. The molecule has 1 unspecified atom stereocenters. The number of halogens is 4. The monoisotopic (exact) mass is 397 g/mol. The molecule has 1 atom stereocenters. The lowest BCUT2D eigenvalue weighted by Gasteiger charge is -2.33. The smallest absolute Gasteiger partial charge is 0.337 e. The Kier molecular flexibility index (Phi) is 9.52. The Morgan fingerprint density at radius 2 is 1.88 bits per heavy atom. The normalized spacial score (nSPS) is 14.9. The fraction of sp³-hybridized carbons (Fsp3) is 0.889. The van der Waals surface area contributed by atoms with Crippen LogP contribution in [-0.4, -0.2) is 52.1 Å². The van der Waals surface area contributed by atoms with Crippen LogP contribution in [0.3, 0.4) is 0 Å². The number of esters is 1. The fourth-order valence-electron chi connectivity index (χ4n) is 1.13. The van der Waals surface area contributed by atoms with E-state index in [0.29, 0.717) is 36.8 Å². The third-order valence-corrected chi connectivity index (χ3v) is 3.47. The summed E-state index contributed by atoms with van der Waals surface area (Å²) in [4.78, 5) is 13.6. The number of carbonyl (C=O) groups is 1. The number of carbonyl (C=O) groups excluding carboxylic acids is 1. The summed E-state index contributed by atoms with van der Waals surface area (Å²) >= 11 is 17.9.